The molecule has 0 radical (unpaired) electrons. The van der Waals surface area contributed by atoms with E-state index in [0.717, 1.165) is 38.4 Å². The number of hydrogen-bond donors (Lipinski definition) is 3. The van der Waals surface area contributed by atoms with Gasteiger partial charge in [0.15, 0.2) is 0 Å². The SMILES string of the molecule is NC(CCCCN(CCCO)C1CCC1)=NO. The molecule has 0 amide bonds. The summed E-state index contributed by atoms with van der Waals surface area (Å²) in [7, 11) is 0. The molecule has 0 unspecified atom stereocenters. The van der Waals surface area contributed by atoms with Crippen molar-refractivity contribution in [2.45, 2.75) is 51.0 Å². The Bertz CT molecular complexity index is 230. The molecule has 0 bridgehead atoms. The average Bonchev–Trinajstić information content (AvgIpc) is 2.28. The first-order valence-corrected chi connectivity index (χ1v) is 6.59. The second-order valence-electron chi connectivity index (χ2n) is 4.75. The van der Waals surface area contributed by atoms with E-state index in [9.17, 15) is 0 Å². The first kappa shape index (κ1) is 14.3. The molecule has 0 heterocycles. The van der Waals surface area contributed by atoms with E-state index in [-0.39, 0.29) is 6.61 Å². The Morgan fingerprint density at radius 2 is 1.94 bits per heavy atom. The van der Waals surface area contributed by atoms with Crippen molar-refractivity contribution in [2.24, 2.45) is 10.9 Å². The molecule has 0 aliphatic heterocycles. The Kier molecular flexibility index (Phi) is 6.96. The molecule has 1 saturated carbocycles. The van der Waals surface area contributed by atoms with E-state index < -0.39 is 0 Å². The maximum atomic E-state index is 8.88. The predicted molar refractivity (Wildman–Crippen MR) is 68.2 cm³/mol. The average molecular weight is 243 g/mol. The number of amidine groups is 1. The first-order chi connectivity index (χ1) is 8.27. The van der Waals surface area contributed by atoms with Crippen LogP contribution in [0.2, 0.25) is 0 Å². The van der Waals surface area contributed by atoms with Crippen LogP contribution in [0, 0.1) is 0 Å². The van der Waals surface area contributed by atoms with Gasteiger partial charge in [-0.1, -0.05) is 11.6 Å². The fourth-order valence-corrected chi connectivity index (χ4v) is 2.17. The van der Waals surface area contributed by atoms with Gasteiger partial charge in [0, 0.05) is 25.6 Å². The second kappa shape index (κ2) is 8.31. The normalized spacial score (nSPS) is 17.4. The minimum Gasteiger partial charge on any atom is -0.409 e. The summed E-state index contributed by atoms with van der Waals surface area (Å²) in [5.41, 5.74) is 5.42. The van der Waals surface area contributed by atoms with E-state index >= 15 is 0 Å². The molecule has 4 N–H and O–H groups in total. The van der Waals surface area contributed by atoms with Gasteiger partial charge in [-0.2, -0.15) is 0 Å². The van der Waals surface area contributed by atoms with Gasteiger partial charge in [-0.3, -0.25) is 0 Å². The van der Waals surface area contributed by atoms with Crippen molar-refractivity contribution >= 4 is 5.84 Å². The highest BCUT2D eigenvalue weighted by Gasteiger charge is 2.23. The molecule has 0 aromatic rings. The second-order valence-corrected chi connectivity index (χ2v) is 4.75. The van der Waals surface area contributed by atoms with Crippen molar-refractivity contribution < 1.29 is 10.3 Å². The van der Waals surface area contributed by atoms with E-state index in [1.807, 2.05) is 0 Å². The molecule has 0 atom stereocenters. The first-order valence-electron chi connectivity index (χ1n) is 6.59. The van der Waals surface area contributed by atoms with E-state index in [4.69, 9.17) is 16.0 Å². The third-order valence-corrected chi connectivity index (χ3v) is 3.45. The van der Waals surface area contributed by atoms with Crippen LogP contribution in [-0.2, 0) is 0 Å². The number of oxime groups is 1. The summed E-state index contributed by atoms with van der Waals surface area (Å²) in [5, 5.41) is 20.3. The van der Waals surface area contributed by atoms with Crippen molar-refractivity contribution in [2.75, 3.05) is 19.7 Å². The molecule has 17 heavy (non-hydrogen) atoms. The van der Waals surface area contributed by atoms with E-state index in [1.54, 1.807) is 0 Å². The number of aliphatic hydroxyl groups excluding tert-OH is 1. The Balaban J connectivity index is 2.14. The number of hydrogen-bond acceptors (Lipinski definition) is 4. The molecule has 1 aliphatic rings. The van der Waals surface area contributed by atoms with E-state index in [2.05, 4.69) is 10.1 Å². The van der Waals surface area contributed by atoms with Crippen LogP contribution in [0.3, 0.4) is 0 Å². The van der Waals surface area contributed by atoms with Gasteiger partial charge in [0.1, 0.15) is 5.84 Å². The summed E-state index contributed by atoms with van der Waals surface area (Å²) in [4.78, 5) is 2.48. The lowest BCUT2D eigenvalue weighted by Gasteiger charge is -2.37. The Morgan fingerprint density at radius 1 is 1.24 bits per heavy atom. The summed E-state index contributed by atoms with van der Waals surface area (Å²) in [5.74, 6) is 0.315. The minimum absolute atomic E-state index is 0.271. The van der Waals surface area contributed by atoms with Crippen molar-refractivity contribution in [1.29, 1.82) is 0 Å². The molecular weight excluding hydrogens is 218 g/mol. The highest BCUT2D eigenvalue weighted by atomic mass is 16.4. The lowest BCUT2D eigenvalue weighted by molar-refractivity contribution is 0.115. The van der Waals surface area contributed by atoms with Gasteiger partial charge in [-0.05, 0) is 38.6 Å². The molecule has 0 aromatic heterocycles. The lowest BCUT2D eigenvalue weighted by Crippen LogP contribution is -2.41. The summed E-state index contributed by atoms with van der Waals surface area (Å²) in [6.45, 7) is 2.32. The number of nitrogens with zero attached hydrogens (tertiary/aromatic N) is 2. The van der Waals surface area contributed by atoms with Gasteiger partial charge in [0.25, 0.3) is 0 Å². The standard InChI is InChI=1S/C12H25N3O2/c13-12(14-17)7-1-2-8-15(9-4-10-16)11-5-3-6-11/h11,16-17H,1-10H2,(H2,13,14). The number of unbranched alkanes of at least 4 members (excludes halogenated alkanes) is 1. The molecule has 1 aliphatic carbocycles. The molecule has 100 valence electrons. The van der Waals surface area contributed by atoms with Gasteiger partial charge in [0.2, 0.25) is 0 Å². The van der Waals surface area contributed by atoms with Crippen molar-refractivity contribution in [3.05, 3.63) is 0 Å². The fraction of sp³-hybridized carbons (Fsp3) is 0.917. The molecule has 5 nitrogen and oxygen atoms in total. The molecule has 0 saturated heterocycles. The summed E-state index contributed by atoms with van der Waals surface area (Å²) in [6.07, 6.45) is 7.48. The molecule has 1 rings (SSSR count). The quantitative estimate of drug-likeness (QED) is 0.186. The van der Waals surface area contributed by atoms with Crippen LogP contribution in [0.15, 0.2) is 5.16 Å². The van der Waals surface area contributed by atoms with Crippen LogP contribution in [0.5, 0.6) is 0 Å². The highest BCUT2D eigenvalue weighted by molar-refractivity contribution is 5.79. The topological polar surface area (TPSA) is 82.1 Å². The van der Waals surface area contributed by atoms with Crippen molar-refractivity contribution in [3.63, 3.8) is 0 Å². The maximum Gasteiger partial charge on any atom is 0.139 e. The fourth-order valence-electron chi connectivity index (χ4n) is 2.17. The largest absolute Gasteiger partial charge is 0.409 e. The Hall–Kier alpha value is -0.810. The zero-order valence-electron chi connectivity index (χ0n) is 10.5. The lowest BCUT2D eigenvalue weighted by atomic mass is 9.91. The summed E-state index contributed by atoms with van der Waals surface area (Å²) < 4.78 is 0. The molecule has 5 heteroatoms. The molecule has 0 spiro atoms. The number of rotatable bonds is 9. The maximum absolute atomic E-state index is 8.88. The van der Waals surface area contributed by atoms with Crippen LogP contribution in [0.25, 0.3) is 0 Å². The molecule has 1 fully saturated rings. The van der Waals surface area contributed by atoms with E-state index in [0.29, 0.717) is 12.3 Å². The van der Waals surface area contributed by atoms with Crippen LogP contribution in [0.4, 0.5) is 0 Å². The number of aliphatic hydroxyl groups is 1. The zero-order valence-corrected chi connectivity index (χ0v) is 10.5. The van der Waals surface area contributed by atoms with Crippen LogP contribution in [0.1, 0.15) is 44.9 Å². The third-order valence-electron chi connectivity index (χ3n) is 3.45. The monoisotopic (exact) mass is 243 g/mol. The molecule has 0 aromatic carbocycles. The van der Waals surface area contributed by atoms with Crippen molar-refractivity contribution in [3.8, 4) is 0 Å². The van der Waals surface area contributed by atoms with E-state index in [1.165, 1.54) is 19.3 Å². The molecular formula is C12H25N3O2. The predicted octanol–water partition coefficient (Wildman–Crippen LogP) is 1.14. The van der Waals surface area contributed by atoms with Gasteiger partial charge in [0.05, 0.1) is 0 Å². The van der Waals surface area contributed by atoms with Crippen molar-refractivity contribution in [1.82, 2.24) is 4.90 Å². The third kappa shape index (κ3) is 5.37. The minimum atomic E-state index is 0.271. The Morgan fingerprint density at radius 3 is 2.47 bits per heavy atom. The van der Waals surface area contributed by atoms with Gasteiger partial charge in [-0.15, -0.1) is 0 Å². The van der Waals surface area contributed by atoms with Crippen LogP contribution in [-0.4, -0.2) is 46.8 Å². The van der Waals surface area contributed by atoms with Gasteiger partial charge < -0.3 is 20.9 Å². The van der Waals surface area contributed by atoms with Gasteiger partial charge >= 0.3 is 0 Å². The summed E-state index contributed by atoms with van der Waals surface area (Å²) in [6, 6.07) is 0.727. The highest BCUT2D eigenvalue weighted by Crippen LogP contribution is 2.25. The summed E-state index contributed by atoms with van der Waals surface area (Å²) >= 11 is 0. The van der Waals surface area contributed by atoms with Crippen LogP contribution < -0.4 is 5.73 Å². The smallest absolute Gasteiger partial charge is 0.139 e. The number of nitrogens with two attached hydrogens (primary N) is 1. The Labute approximate surface area is 103 Å². The zero-order chi connectivity index (χ0) is 12.5. The van der Waals surface area contributed by atoms with Gasteiger partial charge in [-0.25, -0.2) is 0 Å². The van der Waals surface area contributed by atoms with Crippen LogP contribution >= 0.6 is 0 Å².